The third kappa shape index (κ3) is 6.90. The number of ether oxygens (including phenoxy) is 2. The number of hydrogen-bond acceptors (Lipinski definition) is 7. The second kappa shape index (κ2) is 9.09. The number of pyridine rings is 1. The molecule has 0 radical (unpaired) electrons. The fourth-order valence-electron chi connectivity index (χ4n) is 2.18. The maximum atomic E-state index is 13.0. The number of nitriles is 1. The summed E-state index contributed by atoms with van der Waals surface area (Å²) < 4.78 is 53.7. The molecule has 1 N–H and O–H groups in total. The number of alkyl carbamates (subject to hydrolysis) is 1. The molecule has 0 saturated heterocycles. The predicted molar refractivity (Wildman–Crippen MR) is 98.3 cm³/mol. The Kier molecular flexibility index (Phi) is 7.02. The Labute approximate surface area is 169 Å². The molecular weight excluding hydrogens is 409 g/mol. The highest BCUT2D eigenvalue weighted by Crippen LogP contribution is 2.32. The van der Waals surface area contributed by atoms with Crippen LogP contribution in [0.25, 0.3) is 0 Å². The topological polar surface area (TPSA) is 97.1 Å². The van der Waals surface area contributed by atoms with Crippen LogP contribution in [0.5, 0.6) is 5.88 Å². The Balaban J connectivity index is 2.16. The molecule has 0 spiro atoms. The van der Waals surface area contributed by atoms with Crippen LogP contribution in [0.15, 0.2) is 24.4 Å². The molecular formula is C18H19F3N4O3S. The van der Waals surface area contributed by atoms with Crippen LogP contribution in [-0.4, -0.2) is 27.6 Å². The quantitative estimate of drug-likeness (QED) is 0.729. The molecule has 0 aliphatic carbocycles. The third-order valence-corrected chi connectivity index (χ3v) is 4.21. The summed E-state index contributed by atoms with van der Waals surface area (Å²) in [6.07, 6.45) is -4.35. The van der Waals surface area contributed by atoms with Crippen molar-refractivity contribution in [2.24, 2.45) is 0 Å². The lowest BCUT2D eigenvalue weighted by molar-refractivity contribution is -0.141. The molecule has 2 heterocycles. The summed E-state index contributed by atoms with van der Waals surface area (Å²) in [5.74, 6) is -0.432. The van der Waals surface area contributed by atoms with Crippen LogP contribution in [0.2, 0.25) is 0 Å². The van der Waals surface area contributed by atoms with Gasteiger partial charge in [0.2, 0.25) is 5.88 Å². The van der Waals surface area contributed by atoms with Crippen molar-refractivity contribution in [3.63, 3.8) is 0 Å². The third-order valence-electron chi connectivity index (χ3n) is 3.37. The first-order chi connectivity index (χ1) is 13.5. The van der Waals surface area contributed by atoms with Gasteiger partial charge in [0.1, 0.15) is 29.0 Å². The lowest BCUT2D eigenvalue weighted by Gasteiger charge is -2.21. The lowest BCUT2D eigenvalue weighted by Crippen LogP contribution is -2.33. The minimum absolute atomic E-state index is 0.123. The zero-order valence-electron chi connectivity index (χ0n) is 15.9. The van der Waals surface area contributed by atoms with Gasteiger partial charge in [-0.15, -0.1) is 0 Å². The molecule has 1 atom stereocenters. The van der Waals surface area contributed by atoms with Crippen LogP contribution in [0, 0.1) is 11.3 Å². The molecule has 0 aromatic carbocycles. The molecule has 1 amide bonds. The maximum Gasteiger partial charge on any atom is 0.433 e. The summed E-state index contributed by atoms with van der Waals surface area (Å²) in [4.78, 5) is 15.8. The number of aromatic nitrogens is 2. The number of alkyl halides is 3. The van der Waals surface area contributed by atoms with Crippen LogP contribution >= 0.6 is 11.5 Å². The van der Waals surface area contributed by atoms with Crippen molar-refractivity contribution in [3.8, 4) is 11.9 Å². The van der Waals surface area contributed by atoms with E-state index in [0.717, 1.165) is 23.7 Å². The Hall–Kier alpha value is -2.87. The molecule has 0 aliphatic heterocycles. The van der Waals surface area contributed by atoms with Gasteiger partial charge in [-0.1, -0.05) is 0 Å². The Morgan fingerprint density at radius 2 is 2.03 bits per heavy atom. The summed E-state index contributed by atoms with van der Waals surface area (Å²) in [6.45, 7) is 5.29. The van der Waals surface area contributed by atoms with Gasteiger partial charge in [-0.05, 0) is 50.5 Å². The smallest absolute Gasteiger partial charge is 0.433 e. The van der Waals surface area contributed by atoms with Gasteiger partial charge in [0.05, 0.1) is 4.88 Å². The van der Waals surface area contributed by atoms with Gasteiger partial charge in [0, 0.05) is 19.2 Å². The number of nitrogens with one attached hydrogen (secondary N) is 1. The monoisotopic (exact) mass is 428 g/mol. The molecule has 29 heavy (non-hydrogen) atoms. The number of carbonyl (C=O) groups excluding carboxylic acids is 1. The van der Waals surface area contributed by atoms with Crippen molar-refractivity contribution in [1.29, 1.82) is 5.26 Å². The molecule has 156 valence electrons. The van der Waals surface area contributed by atoms with Crippen molar-refractivity contribution >= 4 is 17.6 Å². The van der Waals surface area contributed by atoms with Gasteiger partial charge in [-0.3, -0.25) is 0 Å². The van der Waals surface area contributed by atoms with E-state index in [2.05, 4.69) is 14.7 Å². The number of hydrogen-bond donors (Lipinski definition) is 1. The summed E-state index contributed by atoms with van der Waals surface area (Å²) in [6, 6.07) is 5.14. The minimum Gasteiger partial charge on any atom is -0.468 e. The van der Waals surface area contributed by atoms with Crippen LogP contribution in [0.1, 0.15) is 49.4 Å². The number of amides is 1. The second-order valence-corrected chi connectivity index (χ2v) is 7.76. The van der Waals surface area contributed by atoms with E-state index in [4.69, 9.17) is 9.47 Å². The second-order valence-electron chi connectivity index (χ2n) is 6.90. The highest BCUT2D eigenvalue weighted by Gasteiger charge is 2.34. The van der Waals surface area contributed by atoms with E-state index in [1.165, 1.54) is 6.20 Å². The fourth-order valence-corrected chi connectivity index (χ4v) is 2.83. The van der Waals surface area contributed by atoms with Gasteiger partial charge >= 0.3 is 12.3 Å². The first kappa shape index (κ1) is 22.4. The Morgan fingerprint density at radius 1 is 1.31 bits per heavy atom. The lowest BCUT2D eigenvalue weighted by atomic mass is 10.2. The number of carbonyl (C=O) groups is 1. The predicted octanol–water partition coefficient (Wildman–Crippen LogP) is 4.46. The number of nitrogens with zero attached hydrogens (tertiary/aromatic N) is 3. The highest BCUT2D eigenvalue weighted by molar-refractivity contribution is 7.05. The van der Waals surface area contributed by atoms with E-state index in [-0.39, 0.29) is 18.5 Å². The average molecular weight is 428 g/mol. The van der Waals surface area contributed by atoms with Crippen molar-refractivity contribution in [2.75, 3.05) is 6.54 Å². The van der Waals surface area contributed by atoms with E-state index in [9.17, 15) is 23.2 Å². The molecule has 2 aromatic heterocycles. The molecule has 0 aliphatic rings. The van der Waals surface area contributed by atoms with Gasteiger partial charge in [-0.25, -0.2) is 14.2 Å². The van der Waals surface area contributed by atoms with Crippen molar-refractivity contribution in [2.45, 2.75) is 45.1 Å². The summed E-state index contributed by atoms with van der Waals surface area (Å²) in [7, 11) is 0. The molecule has 2 aromatic rings. The minimum atomic E-state index is -4.68. The summed E-state index contributed by atoms with van der Waals surface area (Å²) in [5.41, 5.74) is -1.96. The molecule has 11 heteroatoms. The van der Waals surface area contributed by atoms with E-state index < -0.39 is 35.5 Å². The summed E-state index contributed by atoms with van der Waals surface area (Å²) >= 11 is 1.09. The zero-order chi connectivity index (χ0) is 21.7. The van der Waals surface area contributed by atoms with Crippen LogP contribution < -0.4 is 10.1 Å². The van der Waals surface area contributed by atoms with E-state index in [0.29, 0.717) is 4.88 Å². The number of halogens is 3. The highest BCUT2D eigenvalue weighted by atomic mass is 32.1. The Morgan fingerprint density at radius 3 is 2.59 bits per heavy atom. The molecule has 0 saturated carbocycles. The van der Waals surface area contributed by atoms with Gasteiger partial charge in [0.15, 0.2) is 0 Å². The van der Waals surface area contributed by atoms with Crippen molar-refractivity contribution in [1.82, 2.24) is 14.7 Å². The van der Waals surface area contributed by atoms with Gasteiger partial charge < -0.3 is 14.8 Å². The molecule has 0 fully saturated rings. The van der Waals surface area contributed by atoms with E-state index in [1.807, 2.05) is 0 Å². The molecule has 1 unspecified atom stereocenters. The first-order valence-electron chi connectivity index (χ1n) is 8.52. The Bertz CT molecular complexity index is 874. The SMILES string of the molecule is CC(C)(C)OC(=O)NCCC(Oc1nc(C(F)(F)F)ccc1C#N)c1ccns1. The zero-order valence-corrected chi connectivity index (χ0v) is 16.7. The molecule has 2 rings (SSSR count). The van der Waals surface area contributed by atoms with E-state index in [1.54, 1.807) is 32.9 Å². The standard InChI is InChI=1S/C18H19F3N4O3S/c1-17(2,3)28-16(26)23-8-6-12(13-7-9-24-29-13)27-15-11(10-22)4-5-14(25-15)18(19,20)21/h4-5,7,9,12H,6,8H2,1-3H3,(H,23,26). The average Bonchev–Trinajstić information content (AvgIpc) is 3.13. The fraction of sp³-hybridized carbons (Fsp3) is 0.444. The largest absolute Gasteiger partial charge is 0.468 e. The maximum absolute atomic E-state index is 13.0. The van der Waals surface area contributed by atoms with E-state index >= 15 is 0 Å². The van der Waals surface area contributed by atoms with Crippen LogP contribution in [0.3, 0.4) is 0 Å². The van der Waals surface area contributed by atoms with Gasteiger partial charge in [0.25, 0.3) is 0 Å². The van der Waals surface area contributed by atoms with Crippen LogP contribution in [-0.2, 0) is 10.9 Å². The molecule has 7 nitrogen and oxygen atoms in total. The van der Waals surface area contributed by atoms with Crippen molar-refractivity contribution < 1.29 is 27.4 Å². The van der Waals surface area contributed by atoms with Crippen LogP contribution in [0.4, 0.5) is 18.0 Å². The molecule has 0 bridgehead atoms. The van der Waals surface area contributed by atoms with Gasteiger partial charge in [-0.2, -0.15) is 18.4 Å². The normalized spacial score (nSPS) is 12.7. The number of rotatable bonds is 6. The first-order valence-corrected chi connectivity index (χ1v) is 9.29. The van der Waals surface area contributed by atoms with Crippen molar-refractivity contribution in [3.05, 3.63) is 40.5 Å². The summed E-state index contributed by atoms with van der Waals surface area (Å²) in [5, 5.41) is 11.7.